The molecule has 2 heterocycles. The Morgan fingerprint density at radius 1 is 1.22 bits per heavy atom. The van der Waals surface area contributed by atoms with E-state index in [1.54, 1.807) is 6.08 Å². The van der Waals surface area contributed by atoms with Gasteiger partial charge in [0.1, 0.15) is 24.0 Å². The average Bonchev–Trinajstić information content (AvgIpc) is 3.71. The van der Waals surface area contributed by atoms with Crippen molar-refractivity contribution in [3.63, 3.8) is 0 Å². The van der Waals surface area contributed by atoms with Gasteiger partial charge in [-0.2, -0.15) is 0 Å². The van der Waals surface area contributed by atoms with Gasteiger partial charge in [0.2, 0.25) is 5.91 Å². The summed E-state index contributed by atoms with van der Waals surface area (Å²) in [6.45, 7) is 4.42. The number of cyclic esters (lactones) is 1. The smallest absolute Gasteiger partial charge is 0.320 e. The minimum Gasteiger partial charge on any atom is -0.491 e. The summed E-state index contributed by atoms with van der Waals surface area (Å²) in [5, 5.41) is 7.13. The quantitative estimate of drug-likeness (QED) is 0.320. The normalized spacial score (nSPS) is 18.1. The number of carbonyl (C=O) groups is 2. The van der Waals surface area contributed by atoms with Gasteiger partial charge in [0.15, 0.2) is 0 Å². The Morgan fingerprint density at radius 3 is 2.84 bits per heavy atom. The van der Waals surface area contributed by atoms with Crippen LogP contribution in [0.15, 0.2) is 60.9 Å². The van der Waals surface area contributed by atoms with Crippen molar-refractivity contribution < 1.29 is 19.1 Å². The van der Waals surface area contributed by atoms with Crippen molar-refractivity contribution >= 4 is 34.3 Å². The zero-order chi connectivity index (χ0) is 25.6. The maximum absolute atomic E-state index is 12.8. The summed E-state index contributed by atoms with van der Waals surface area (Å²) < 4.78 is 11.2. The van der Waals surface area contributed by atoms with Crippen molar-refractivity contribution in [1.82, 2.24) is 14.9 Å². The van der Waals surface area contributed by atoms with E-state index in [9.17, 15) is 9.59 Å². The maximum Gasteiger partial charge on any atom is 0.320 e. The van der Waals surface area contributed by atoms with Crippen LogP contribution >= 0.6 is 0 Å². The third-order valence-electron chi connectivity index (χ3n) is 6.30. The highest BCUT2D eigenvalue weighted by atomic mass is 16.5. The van der Waals surface area contributed by atoms with E-state index in [1.807, 2.05) is 54.3 Å². The molecule has 1 saturated carbocycles. The molecule has 1 aromatic heterocycles. The molecular weight excluding hydrogens is 470 g/mol. The fourth-order valence-corrected chi connectivity index (χ4v) is 4.25. The molecule has 1 saturated heterocycles. The number of benzene rings is 2. The second-order valence-electron chi connectivity index (χ2n) is 9.57. The van der Waals surface area contributed by atoms with Crippen molar-refractivity contribution in [1.29, 1.82) is 0 Å². The lowest BCUT2D eigenvalue weighted by Gasteiger charge is -2.29. The van der Waals surface area contributed by atoms with E-state index in [4.69, 9.17) is 9.47 Å². The number of amides is 1. The Bertz CT molecular complexity index is 1290. The third kappa shape index (κ3) is 6.83. The molecule has 0 spiro atoms. The number of nitrogens with one attached hydrogen (secondary N) is 2. The lowest BCUT2D eigenvalue weighted by Crippen LogP contribution is -2.44. The van der Waals surface area contributed by atoms with Gasteiger partial charge >= 0.3 is 5.97 Å². The number of ether oxygens (including phenoxy) is 2. The molecule has 1 amide bonds. The van der Waals surface area contributed by atoms with E-state index in [0.29, 0.717) is 49.4 Å². The standard InChI is InChI=1S/C28H31N5O4/c1-19-15-33(16-27(35)37-19)11-5-8-26(34)32-24-12-22-23(13-25(24)36-17-21-9-10-21)30-18-31-28(22)29-14-20-6-3-2-4-7-20/h2-8,12-13,18-19,21H,9-11,14-17H2,1H3,(H,32,34)(H,29,30,31)/b8-5+/t19-/m1/s1. The van der Waals surface area contributed by atoms with Gasteiger partial charge in [0.05, 0.1) is 24.4 Å². The van der Waals surface area contributed by atoms with Crippen molar-refractivity contribution in [3.05, 3.63) is 66.5 Å². The topological polar surface area (TPSA) is 106 Å². The zero-order valence-electron chi connectivity index (χ0n) is 20.9. The Labute approximate surface area is 215 Å². The van der Waals surface area contributed by atoms with Gasteiger partial charge in [-0.3, -0.25) is 14.5 Å². The van der Waals surface area contributed by atoms with E-state index in [-0.39, 0.29) is 24.5 Å². The van der Waals surface area contributed by atoms with Crippen LogP contribution in [0.2, 0.25) is 0 Å². The minimum absolute atomic E-state index is 0.154. The number of rotatable bonds is 10. The first-order valence-electron chi connectivity index (χ1n) is 12.6. The summed E-state index contributed by atoms with van der Waals surface area (Å²) in [6.07, 6.45) is 6.93. The molecule has 1 aliphatic heterocycles. The third-order valence-corrected chi connectivity index (χ3v) is 6.30. The van der Waals surface area contributed by atoms with Crippen LogP contribution in [0.5, 0.6) is 5.75 Å². The second-order valence-corrected chi connectivity index (χ2v) is 9.57. The number of hydrogen-bond donors (Lipinski definition) is 2. The zero-order valence-corrected chi connectivity index (χ0v) is 20.9. The first kappa shape index (κ1) is 24.7. The first-order chi connectivity index (χ1) is 18.0. The van der Waals surface area contributed by atoms with Crippen LogP contribution in [0.4, 0.5) is 11.5 Å². The molecule has 1 atom stereocenters. The fourth-order valence-electron chi connectivity index (χ4n) is 4.25. The minimum atomic E-state index is -0.279. The van der Waals surface area contributed by atoms with Gasteiger partial charge < -0.3 is 20.1 Å². The largest absolute Gasteiger partial charge is 0.491 e. The fraction of sp³-hybridized carbons (Fsp3) is 0.357. The van der Waals surface area contributed by atoms with Crippen LogP contribution in [0.1, 0.15) is 25.3 Å². The van der Waals surface area contributed by atoms with Crippen LogP contribution in [0, 0.1) is 5.92 Å². The Balaban J connectivity index is 1.32. The molecule has 2 aliphatic rings. The van der Waals surface area contributed by atoms with E-state index in [0.717, 1.165) is 29.3 Å². The molecule has 37 heavy (non-hydrogen) atoms. The highest BCUT2D eigenvalue weighted by Gasteiger charge is 2.24. The summed E-state index contributed by atoms with van der Waals surface area (Å²) in [6, 6.07) is 13.8. The molecule has 2 aromatic carbocycles. The number of nitrogens with zero attached hydrogens (tertiary/aromatic N) is 3. The van der Waals surface area contributed by atoms with Crippen LogP contribution in [0.25, 0.3) is 10.9 Å². The van der Waals surface area contributed by atoms with Gasteiger partial charge in [-0.15, -0.1) is 0 Å². The van der Waals surface area contributed by atoms with Crippen molar-refractivity contribution in [2.75, 3.05) is 36.9 Å². The predicted molar refractivity (Wildman–Crippen MR) is 141 cm³/mol. The molecule has 0 bridgehead atoms. The molecule has 0 unspecified atom stereocenters. The second kappa shape index (κ2) is 11.4. The first-order valence-corrected chi connectivity index (χ1v) is 12.6. The summed E-state index contributed by atoms with van der Waals surface area (Å²) in [5.41, 5.74) is 2.43. The molecule has 0 radical (unpaired) electrons. The van der Waals surface area contributed by atoms with E-state index >= 15 is 0 Å². The molecule has 5 rings (SSSR count). The average molecular weight is 502 g/mol. The molecule has 1 aliphatic carbocycles. The Hall–Kier alpha value is -3.98. The number of aromatic nitrogens is 2. The summed E-state index contributed by atoms with van der Waals surface area (Å²) >= 11 is 0. The number of morpholine rings is 1. The Morgan fingerprint density at radius 2 is 2.05 bits per heavy atom. The van der Waals surface area contributed by atoms with Crippen molar-refractivity contribution in [2.45, 2.75) is 32.4 Å². The van der Waals surface area contributed by atoms with Gasteiger partial charge in [-0.05, 0) is 37.3 Å². The number of esters is 1. The van der Waals surface area contributed by atoms with Crippen LogP contribution < -0.4 is 15.4 Å². The lowest BCUT2D eigenvalue weighted by atomic mass is 10.1. The van der Waals surface area contributed by atoms with Crippen LogP contribution in [-0.4, -0.2) is 59.1 Å². The molecular formula is C28H31N5O4. The number of anilines is 2. The van der Waals surface area contributed by atoms with Crippen LogP contribution in [-0.2, 0) is 20.9 Å². The van der Waals surface area contributed by atoms with E-state index in [2.05, 4.69) is 20.6 Å². The predicted octanol–water partition coefficient (Wildman–Crippen LogP) is 3.77. The van der Waals surface area contributed by atoms with Gasteiger partial charge in [-0.1, -0.05) is 36.4 Å². The molecule has 192 valence electrons. The van der Waals surface area contributed by atoms with Gasteiger partial charge in [0.25, 0.3) is 0 Å². The summed E-state index contributed by atoms with van der Waals surface area (Å²) in [5.74, 6) is 1.30. The summed E-state index contributed by atoms with van der Waals surface area (Å²) in [7, 11) is 0. The monoisotopic (exact) mass is 501 g/mol. The number of carbonyl (C=O) groups excluding carboxylic acids is 2. The molecule has 9 heteroatoms. The molecule has 9 nitrogen and oxygen atoms in total. The Kier molecular flexibility index (Phi) is 7.60. The molecule has 3 aromatic rings. The van der Waals surface area contributed by atoms with Crippen molar-refractivity contribution in [2.24, 2.45) is 5.92 Å². The van der Waals surface area contributed by atoms with Crippen LogP contribution in [0.3, 0.4) is 0 Å². The van der Waals surface area contributed by atoms with E-state index in [1.165, 1.54) is 12.4 Å². The van der Waals surface area contributed by atoms with Gasteiger partial charge in [0, 0.05) is 37.2 Å². The number of fused-ring (bicyclic) bond motifs is 1. The molecule has 2 fully saturated rings. The van der Waals surface area contributed by atoms with E-state index < -0.39 is 0 Å². The summed E-state index contributed by atoms with van der Waals surface area (Å²) in [4.78, 5) is 35.3. The van der Waals surface area contributed by atoms with Gasteiger partial charge in [-0.25, -0.2) is 9.97 Å². The lowest BCUT2D eigenvalue weighted by molar-refractivity contribution is -0.156. The SMILES string of the molecule is C[C@@H]1CN(C/C=C/C(=O)Nc2cc3c(NCc4ccccc4)ncnc3cc2OCC2CC2)CC(=O)O1. The maximum atomic E-state index is 12.8. The van der Waals surface area contributed by atoms with Crippen molar-refractivity contribution in [3.8, 4) is 5.75 Å². The number of hydrogen-bond acceptors (Lipinski definition) is 8. The highest BCUT2D eigenvalue weighted by Crippen LogP contribution is 2.35. The highest BCUT2D eigenvalue weighted by molar-refractivity contribution is 6.03. The molecule has 2 N–H and O–H groups in total.